The summed E-state index contributed by atoms with van der Waals surface area (Å²) in [6, 6.07) is -2.86. The molecule has 9 N–H and O–H groups in total. The Bertz CT molecular complexity index is 1730. The highest BCUT2D eigenvalue weighted by atomic mass is 31.2. The Hall–Kier alpha value is -1.84. The monoisotopic (exact) mass is 1280 g/mol. The summed E-state index contributed by atoms with van der Waals surface area (Å²) in [4.78, 5) is 60.7. The molecule has 19 nitrogen and oxygen atoms in total. The van der Waals surface area contributed by atoms with Crippen LogP contribution < -0.4 is 10.6 Å². The summed E-state index contributed by atoms with van der Waals surface area (Å²) in [7, 11) is -5.32. The van der Waals surface area contributed by atoms with Crippen LogP contribution in [0.5, 0.6) is 0 Å². The second-order valence-electron chi connectivity index (χ2n) is 25.8. The molecule has 0 spiro atoms. The highest BCUT2D eigenvalue weighted by Gasteiger charge is 2.51. The maximum Gasteiger partial charge on any atom is 0.470 e. The molecule has 0 aromatic rings. The Labute approximate surface area is 533 Å². The molecule has 0 aromatic heterocycles. The molecule has 2 aliphatic heterocycles. The lowest BCUT2D eigenvalue weighted by atomic mass is 9.95. The van der Waals surface area contributed by atoms with Crippen molar-refractivity contribution in [2.24, 2.45) is 0 Å². The van der Waals surface area contributed by atoms with E-state index in [2.05, 4.69) is 38.3 Å². The van der Waals surface area contributed by atoms with Crippen LogP contribution in [0.1, 0.15) is 323 Å². The van der Waals surface area contributed by atoms with Crippen molar-refractivity contribution in [2.45, 2.75) is 397 Å². The van der Waals surface area contributed by atoms with Crippen molar-refractivity contribution in [1.29, 1.82) is 0 Å². The van der Waals surface area contributed by atoms with Gasteiger partial charge < -0.3 is 69.6 Å². The van der Waals surface area contributed by atoms with Crippen LogP contribution in [-0.4, -0.2) is 146 Å². The number of aliphatic hydroxyl groups excluding tert-OH is 5. The summed E-state index contributed by atoms with van der Waals surface area (Å²) in [5, 5.41) is 61.8. The zero-order chi connectivity index (χ0) is 64.5. The summed E-state index contributed by atoms with van der Waals surface area (Å²) >= 11 is 0. The smallest absolute Gasteiger partial charge is 0.462 e. The molecule has 2 amide bonds. The number of carbonyl (C=O) groups is 3. The number of unbranched alkanes of at least 4 members (excludes halogenated alkanes) is 37. The topological polar surface area (TPSA) is 289 Å². The quantitative estimate of drug-likeness (QED) is 0.0155. The van der Waals surface area contributed by atoms with Gasteiger partial charge >= 0.3 is 13.8 Å². The van der Waals surface area contributed by atoms with E-state index in [4.69, 9.17) is 28.2 Å². The molecule has 2 rings (SSSR count). The fourth-order valence-electron chi connectivity index (χ4n) is 12.1. The lowest BCUT2D eigenvalue weighted by molar-refractivity contribution is -0.302. The fourth-order valence-corrected chi connectivity index (χ4v) is 12.7. The highest BCUT2D eigenvalue weighted by Crippen LogP contribution is 2.42. The summed E-state index contributed by atoms with van der Waals surface area (Å²) in [6.07, 6.45) is 31.4. The SMILES string of the molecule is CCCCCCCCCCCCCCCCO[C@H]1O[C@H](CO[C@@H]2O[C@H](CO)[C@@H](OP(=O)(O)O)[C@H](O)[C@H]2NC(=O)C[C@@H](CCCCCCCCCCC)OC(=O)CCCCCCCCCCC)[C@@H](O)[C@H](O)[C@H]1NC(=O)C[C@H](O)CCCCCCCCCCC. The molecular weight excluding hydrogens is 1150 g/mol. The lowest BCUT2D eigenvalue weighted by Gasteiger charge is -2.45. The third-order valence-corrected chi connectivity index (χ3v) is 18.1. The molecule has 0 unspecified atom stereocenters. The van der Waals surface area contributed by atoms with Gasteiger partial charge in [-0.05, 0) is 32.1 Å². The molecule has 520 valence electrons. The maximum absolute atomic E-state index is 14.1. The van der Waals surface area contributed by atoms with Crippen molar-refractivity contribution >= 4 is 25.6 Å². The van der Waals surface area contributed by atoms with Crippen LogP contribution in [0.25, 0.3) is 0 Å². The Morgan fingerprint density at radius 2 is 0.841 bits per heavy atom. The van der Waals surface area contributed by atoms with Crippen molar-refractivity contribution in [3.05, 3.63) is 0 Å². The molecule has 0 aliphatic carbocycles. The van der Waals surface area contributed by atoms with Gasteiger partial charge in [0.05, 0.1) is 32.2 Å². The maximum atomic E-state index is 14.1. The number of aliphatic hydroxyl groups is 5. The number of ether oxygens (including phenoxy) is 5. The third kappa shape index (κ3) is 40.3. The second kappa shape index (κ2) is 53.5. The summed E-state index contributed by atoms with van der Waals surface area (Å²) in [5.41, 5.74) is 0. The van der Waals surface area contributed by atoms with E-state index in [0.717, 1.165) is 96.3 Å². The fraction of sp³-hybridized carbons (Fsp3) is 0.956. The molecular formula is C68H131N2O17P. The number of hydrogen-bond acceptors (Lipinski definition) is 15. The van der Waals surface area contributed by atoms with Gasteiger partial charge in [0.2, 0.25) is 11.8 Å². The van der Waals surface area contributed by atoms with E-state index in [0.29, 0.717) is 32.1 Å². The molecule has 12 atom stereocenters. The van der Waals surface area contributed by atoms with Crippen LogP contribution in [-0.2, 0) is 47.2 Å². The van der Waals surface area contributed by atoms with Crippen molar-refractivity contribution in [3.63, 3.8) is 0 Å². The van der Waals surface area contributed by atoms with Crippen molar-refractivity contribution in [3.8, 4) is 0 Å². The van der Waals surface area contributed by atoms with Gasteiger partial charge in [-0.15, -0.1) is 0 Å². The molecule has 88 heavy (non-hydrogen) atoms. The minimum atomic E-state index is -5.32. The van der Waals surface area contributed by atoms with Gasteiger partial charge in [0, 0.05) is 13.0 Å². The van der Waals surface area contributed by atoms with E-state index in [1.54, 1.807) is 0 Å². The summed E-state index contributed by atoms with van der Waals surface area (Å²) in [5.74, 6) is -1.68. The average Bonchev–Trinajstić information content (AvgIpc) is 1.44. The van der Waals surface area contributed by atoms with Crippen molar-refractivity contribution in [2.75, 3.05) is 19.8 Å². The Morgan fingerprint density at radius 3 is 1.28 bits per heavy atom. The first-order valence-corrected chi connectivity index (χ1v) is 37.5. The predicted octanol–water partition coefficient (Wildman–Crippen LogP) is 13.3. The minimum absolute atomic E-state index is 0.200. The Balaban J connectivity index is 2.23. The number of phosphoric ester groups is 1. The van der Waals surface area contributed by atoms with Crippen LogP contribution in [0.2, 0.25) is 0 Å². The number of nitrogens with one attached hydrogen (secondary N) is 2. The number of phosphoric acid groups is 1. The first kappa shape index (κ1) is 82.3. The molecule has 2 heterocycles. The van der Waals surface area contributed by atoms with E-state index in [1.165, 1.54) is 148 Å². The summed E-state index contributed by atoms with van der Waals surface area (Å²) in [6.45, 7) is 7.55. The van der Waals surface area contributed by atoms with Crippen molar-refractivity contribution in [1.82, 2.24) is 10.6 Å². The molecule has 2 fully saturated rings. The minimum Gasteiger partial charge on any atom is -0.462 e. The average molecular weight is 1280 g/mol. The first-order valence-electron chi connectivity index (χ1n) is 36.0. The molecule has 20 heteroatoms. The van der Waals surface area contributed by atoms with E-state index in [-0.39, 0.29) is 25.9 Å². The van der Waals surface area contributed by atoms with Crippen LogP contribution in [0.3, 0.4) is 0 Å². The number of carbonyl (C=O) groups excluding carboxylic acids is 3. The standard InChI is InChI=1S/C68H131N2O17P/c1-5-9-13-17-21-25-26-27-28-29-33-37-41-45-49-82-67-61(69-58(73)50-54(72)46-42-38-34-30-22-18-14-10-6-2)64(77)63(76)57(86-67)53-83-68-62(65(78)66(56(52-71)85-68)87-88(79,80)81)70-59(74)51-55(47-43-39-35-31-23-19-15-11-7-3)84-60(75)48-44-40-36-32-24-20-16-12-8-4/h54-57,61-68,71-72,76-78H,5-53H2,1-4H3,(H,69,73)(H,70,74)(H2,79,80,81)/t54-,55-,56-,57-,61-,62-,63-,64-,65-,66-,67+,68-/m1/s1. The predicted molar refractivity (Wildman–Crippen MR) is 346 cm³/mol. The normalized spacial score (nSPS) is 23.0. The van der Waals surface area contributed by atoms with Crippen LogP contribution in [0.4, 0.5) is 0 Å². The molecule has 2 aliphatic rings. The third-order valence-electron chi connectivity index (χ3n) is 17.6. The van der Waals surface area contributed by atoms with Gasteiger partial charge in [0.25, 0.3) is 0 Å². The molecule has 0 aromatic carbocycles. The Morgan fingerprint density at radius 1 is 0.466 bits per heavy atom. The summed E-state index contributed by atoms with van der Waals surface area (Å²) < 4.78 is 47.8. The van der Waals surface area contributed by atoms with Gasteiger partial charge in [-0.2, -0.15) is 0 Å². The largest absolute Gasteiger partial charge is 0.470 e. The second-order valence-corrected chi connectivity index (χ2v) is 27.0. The van der Waals surface area contributed by atoms with Gasteiger partial charge in [-0.3, -0.25) is 18.9 Å². The van der Waals surface area contributed by atoms with Gasteiger partial charge in [0.1, 0.15) is 54.8 Å². The van der Waals surface area contributed by atoms with E-state index in [1.807, 2.05) is 0 Å². The Kier molecular flexibility index (Phi) is 50.0. The zero-order valence-electron chi connectivity index (χ0n) is 55.7. The molecule has 0 saturated carbocycles. The number of esters is 1. The first-order chi connectivity index (χ1) is 42.6. The van der Waals surface area contributed by atoms with Crippen LogP contribution in [0.15, 0.2) is 0 Å². The van der Waals surface area contributed by atoms with E-state index >= 15 is 0 Å². The molecule has 0 radical (unpaired) electrons. The van der Waals surface area contributed by atoms with Crippen LogP contribution >= 0.6 is 7.82 Å². The lowest BCUT2D eigenvalue weighted by Crippen LogP contribution is -2.67. The highest BCUT2D eigenvalue weighted by molar-refractivity contribution is 7.46. The molecule has 2 saturated heterocycles. The number of amides is 2. The van der Waals surface area contributed by atoms with Crippen LogP contribution in [0, 0.1) is 0 Å². The van der Waals surface area contributed by atoms with E-state index < -0.39 is 112 Å². The van der Waals surface area contributed by atoms with Gasteiger partial charge in [-0.1, -0.05) is 272 Å². The number of hydrogen-bond donors (Lipinski definition) is 9. The molecule has 0 bridgehead atoms. The van der Waals surface area contributed by atoms with Crippen molar-refractivity contribution < 1.29 is 82.5 Å². The van der Waals surface area contributed by atoms with Gasteiger partial charge in [0.15, 0.2) is 12.6 Å². The zero-order valence-corrected chi connectivity index (χ0v) is 56.6. The van der Waals surface area contributed by atoms with E-state index in [9.17, 15) is 54.3 Å². The van der Waals surface area contributed by atoms with Gasteiger partial charge in [-0.25, -0.2) is 4.57 Å². The number of rotatable bonds is 59.